The number of nitrogens with one attached hydrogen (secondary N) is 2. The summed E-state index contributed by atoms with van der Waals surface area (Å²) in [4.78, 5) is 21.8. The molecule has 0 bridgehead atoms. The predicted octanol–water partition coefficient (Wildman–Crippen LogP) is 3.01. The third-order valence-corrected chi connectivity index (χ3v) is 7.56. The Morgan fingerprint density at radius 1 is 1.02 bits per heavy atom. The molecule has 1 saturated heterocycles. The second-order valence-corrected chi connectivity index (χ2v) is 10.2. The van der Waals surface area contributed by atoms with E-state index >= 15 is 0 Å². The first-order valence-electron chi connectivity index (χ1n) is 13.3. The Balaban J connectivity index is 1.16. The Bertz CT molecular complexity index is 1340. The second kappa shape index (κ2) is 11.8. The Kier molecular flexibility index (Phi) is 8.32. The van der Waals surface area contributed by atoms with E-state index in [0.717, 1.165) is 29.6 Å². The number of aliphatic hydroxyl groups excluding tert-OH is 1. The van der Waals surface area contributed by atoms with Crippen LogP contribution in [0.15, 0.2) is 59.0 Å². The van der Waals surface area contributed by atoms with Gasteiger partial charge in [-0.05, 0) is 23.3 Å². The minimum Gasteiger partial charge on any atom is -0.368 e. The molecule has 42 heavy (non-hydrogen) atoms. The van der Waals surface area contributed by atoms with Gasteiger partial charge in [-0.3, -0.25) is 10.2 Å². The van der Waals surface area contributed by atoms with Gasteiger partial charge in [-0.2, -0.15) is 31.4 Å². The van der Waals surface area contributed by atoms with Crippen molar-refractivity contribution in [2.24, 2.45) is 5.10 Å². The van der Waals surface area contributed by atoms with E-state index in [1.165, 1.54) is 6.07 Å². The molecule has 0 radical (unpaired) electrons. The summed E-state index contributed by atoms with van der Waals surface area (Å²) < 4.78 is 79.9. The summed E-state index contributed by atoms with van der Waals surface area (Å²) in [6.07, 6.45) is -9.21. The van der Waals surface area contributed by atoms with Crippen LogP contribution in [0.2, 0.25) is 0 Å². The number of aliphatic hydroxyl groups is 1. The lowest BCUT2D eigenvalue weighted by Crippen LogP contribution is -2.49. The number of anilines is 1. The highest BCUT2D eigenvalue weighted by Gasteiger charge is 2.45. The summed E-state index contributed by atoms with van der Waals surface area (Å²) in [6, 6.07) is 9.12. The van der Waals surface area contributed by atoms with Crippen molar-refractivity contribution in [3.8, 4) is 0 Å². The number of rotatable bonds is 7. The fourth-order valence-corrected chi connectivity index (χ4v) is 5.43. The number of carbonyl (C=O) groups excluding carboxylic acids is 1. The van der Waals surface area contributed by atoms with Crippen LogP contribution < -0.4 is 15.6 Å². The first kappa shape index (κ1) is 29.6. The van der Waals surface area contributed by atoms with Crippen molar-refractivity contribution in [3.63, 3.8) is 0 Å². The molecule has 0 spiro atoms. The number of hydrogen-bond acceptors (Lipinski definition) is 8. The molecule has 3 aliphatic heterocycles. The van der Waals surface area contributed by atoms with Gasteiger partial charge >= 0.3 is 12.4 Å². The number of nitrogens with zero attached hydrogens (tertiary/aromatic N) is 5. The first-order chi connectivity index (χ1) is 19.9. The number of benzene rings is 1. The number of pyridine rings is 1. The Hall–Kier alpha value is -3.85. The molecule has 9 nitrogen and oxygen atoms in total. The minimum atomic E-state index is -4.78. The van der Waals surface area contributed by atoms with Gasteiger partial charge in [-0.15, -0.1) is 0 Å². The number of halogens is 6. The van der Waals surface area contributed by atoms with Crippen LogP contribution >= 0.6 is 0 Å². The van der Waals surface area contributed by atoms with Crippen molar-refractivity contribution in [1.29, 1.82) is 0 Å². The molecule has 2 atom stereocenters. The monoisotopic (exact) mass is 597 g/mol. The van der Waals surface area contributed by atoms with Crippen LogP contribution in [0.5, 0.6) is 0 Å². The van der Waals surface area contributed by atoms with Gasteiger partial charge in [-0.1, -0.05) is 24.3 Å². The zero-order valence-electron chi connectivity index (χ0n) is 22.3. The summed E-state index contributed by atoms with van der Waals surface area (Å²) >= 11 is 0. The molecule has 1 amide bonds. The molecule has 3 aliphatic rings. The van der Waals surface area contributed by atoms with Crippen molar-refractivity contribution in [3.05, 3.63) is 70.6 Å². The van der Waals surface area contributed by atoms with Gasteiger partial charge in [0, 0.05) is 58.4 Å². The van der Waals surface area contributed by atoms with Gasteiger partial charge in [0.2, 0.25) is 5.91 Å². The number of allylic oxidation sites excluding steroid dienone is 1. The van der Waals surface area contributed by atoms with Crippen molar-refractivity contribution >= 4 is 17.9 Å². The van der Waals surface area contributed by atoms with E-state index < -0.39 is 35.8 Å². The molecule has 1 unspecified atom stereocenters. The molecule has 4 heterocycles. The van der Waals surface area contributed by atoms with Gasteiger partial charge in [-0.25, -0.2) is 4.98 Å². The van der Waals surface area contributed by atoms with Gasteiger partial charge in [0.05, 0.1) is 23.5 Å². The summed E-state index contributed by atoms with van der Waals surface area (Å²) in [7, 11) is 0. The summed E-state index contributed by atoms with van der Waals surface area (Å²) in [5.74, 6) is 0.301. The fourth-order valence-electron chi connectivity index (χ4n) is 5.43. The number of aromatic nitrogens is 1. The van der Waals surface area contributed by atoms with Crippen LogP contribution in [0.1, 0.15) is 29.2 Å². The standard InChI is InChI=1S/C27H29F6N7O2/c28-26(29,30)18-5-6-22(35-13-18)38-9-11-39(12-10-38)23(41)7-8-34-14-20-19-4-2-1-3-17(19)16-40(20)21-15-36-37-25(42)24(21)27(31,32)33/h1-6,13,15,20,25,34,37,42H,7-12,14,16H2/t20-,25?/m0/s1. The number of hydrazone groups is 1. The summed E-state index contributed by atoms with van der Waals surface area (Å²) in [5.41, 5.74) is 1.61. The molecule has 1 fully saturated rings. The zero-order chi connectivity index (χ0) is 30.1. The molecule has 226 valence electrons. The maximum atomic E-state index is 13.9. The van der Waals surface area contributed by atoms with Crippen molar-refractivity contribution in [1.82, 2.24) is 25.5 Å². The van der Waals surface area contributed by atoms with E-state index in [1.807, 2.05) is 29.2 Å². The van der Waals surface area contributed by atoms with Crippen molar-refractivity contribution in [2.75, 3.05) is 44.2 Å². The van der Waals surface area contributed by atoms with Gasteiger partial charge in [0.1, 0.15) is 11.4 Å². The summed E-state index contributed by atoms with van der Waals surface area (Å²) in [5, 5.41) is 16.9. The van der Waals surface area contributed by atoms with E-state index in [9.17, 15) is 36.2 Å². The summed E-state index contributed by atoms with van der Waals surface area (Å²) in [6.45, 7) is 2.35. The average Bonchev–Trinajstić information content (AvgIpc) is 3.32. The van der Waals surface area contributed by atoms with Crippen molar-refractivity contribution in [2.45, 2.75) is 37.6 Å². The SMILES string of the molecule is O=C(CCNC[C@H]1c2ccccc2CN1C1=C(C(F)(F)F)C(O)NN=C1)N1CCN(c2ccc(C(F)(F)F)cn2)CC1. The Morgan fingerprint density at radius 3 is 2.43 bits per heavy atom. The highest BCUT2D eigenvalue weighted by Crippen LogP contribution is 2.40. The molecular formula is C27H29F6N7O2. The smallest absolute Gasteiger partial charge is 0.368 e. The maximum absolute atomic E-state index is 13.9. The second-order valence-electron chi connectivity index (χ2n) is 10.2. The predicted molar refractivity (Wildman–Crippen MR) is 141 cm³/mol. The van der Waals surface area contributed by atoms with Crippen molar-refractivity contribution < 1.29 is 36.2 Å². The molecule has 5 rings (SSSR count). The Labute approximate surface area is 237 Å². The minimum absolute atomic E-state index is 0.109. The van der Waals surface area contributed by atoms with Crippen LogP contribution in [0.3, 0.4) is 0 Å². The van der Waals surface area contributed by atoms with E-state index in [4.69, 9.17) is 0 Å². The lowest BCUT2D eigenvalue weighted by Gasteiger charge is -2.35. The molecule has 1 aromatic carbocycles. The van der Waals surface area contributed by atoms with E-state index in [0.29, 0.717) is 32.0 Å². The van der Waals surface area contributed by atoms with E-state index in [1.54, 1.807) is 9.80 Å². The van der Waals surface area contributed by atoms with Crippen LogP contribution in [-0.4, -0.2) is 83.7 Å². The van der Waals surface area contributed by atoms with Crippen LogP contribution in [0.25, 0.3) is 0 Å². The maximum Gasteiger partial charge on any atom is 0.419 e. The fraction of sp³-hybridized carbons (Fsp3) is 0.444. The van der Waals surface area contributed by atoms with Gasteiger partial charge in [0.25, 0.3) is 0 Å². The zero-order valence-corrected chi connectivity index (χ0v) is 22.3. The van der Waals surface area contributed by atoms with E-state index in [2.05, 4.69) is 20.8 Å². The number of fused-ring (bicyclic) bond motifs is 1. The number of carbonyl (C=O) groups is 1. The number of amides is 1. The molecule has 3 N–H and O–H groups in total. The van der Waals surface area contributed by atoms with Crippen LogP contribution in [0.4, 0.5) is 32.2 Å². The number of piperazine rings is 1. The molecule has 0 aliphatic carbocycles. The number of alkyl halides is 6. The van der Waals surface area contributed by atoms with Crippen LogP contribution in [-0.2, 0) is 17.5 Å². The Morgan fingerprint density at radius 2 is 1.76 bits per heavy atom. The molecule has 2 aromatic rings. The highest BCUT2D eigenvalue weighted by molar-refractivity contribution is 5.81. The van der Waals surface area contributed by atoms with Gasteiger partial charge < -0.3 is 25.1 Å². The average molecular weight is 598 g/mol. The molecule has 15 heteroatoms. The third kappa shape index (κ3) is 6.31. The van der Waals surface area contributed by atoms with Gasteiger partial charge in [0.15, 0.2) is 6.23 Å². The molecular weight excluding hydrogens is 568 g/mol. The van der Waals surface area contributed by atoms with E-state index in [-0.39, 0.29) is 37.7 Å². The van der Waals surface area contributed by atoms with Crippen LogP contribution in [0, 0.1) is 0 Å². The highest BCUT2D eigenvalue weighted by atomic mass is 19.4. The topological polar surface area (TPSA) is 96.3 Å². The lowest BCUT2D eigenvalue weighted by atomic mass is 10.0. The molecule has 0 saturated carbocycles. The third-order valence-electron chi connectivity index (χ3n) is 7.56. The lowest BCUT2D eigenvalue weighted by molar-refractivity contribution is -0.138. The molecule has 1 aromatic heterocycles. The number of hydrogen-bond donors (Lipinski definition) is 3. The largest absolute Gasteiger partial charge is 0.419 e. The normalized spacial score (nSPS) is 21.1. The first-order valence-corrected chi connectivity index (χ1v) is 13.3. The quantitative estimate of drug-likeness (QED) is 0.334.